The Labute approximate surface area is 102 Å². The highest BCUT2D eigenvalue weighted by molar-refractivity contribution is 8.13. The molecule has 0 aromatic heterocycles. The van der Waals surface area contributed by atoms with Crippen LogP contribution >= 0.6 is 10.7 Å². The first-order chi connectivity index (χ1) is 7.23. The summed E-state index contributed by atoms with van der Waals surface area (Å²) in [5.74, 6) is 0.379. The van der Waals surface area contributed by atoms with Gasteiger partial charge in [-0.2, -0.15) is 0 Å². The van der Waals surface area contributed by atoms with E-state index in [1.54, 1.807) is 6.92 Å². The van der Waals surface area contributed by atoms with Crippen LogP contribution in [0.25, 0.3) is 0 Å². The van der Waals surface area contributed by atoms with E-state index in [1.807, 2.05) is 25.1 Å². The molecule has 1 atom stereocenters. The predicted octanol–water partition coefficient (Wildman–Crippen LogP) is 3.75. The summed E-state index contributed by atoms with van der Waals surface area (Å²) >= 11 is 0. The van der Waals surface area contributed by atoms with Crippen molar-refractivity contribution in [3.8, 4) is 0 Å². The third-order valence-corrected chi connectivity index (χ3v) is 4.73. The van der Waals surface area contributed by atoms with Gasteiger partial charge in [0.1, 0.15) is 0 Å². The van der Waals surface area contributed by atoms with Gasteiger partial charge in [0.05, 0.1) is 5.25 Å². The quantitative estimate of drug-likeness (QED) is 0.776. The zero-order chi connectivity index (χ0) is 12.5. The fourth-order valence-electron chi connectivity index (χ4n) is 1.61. The molecule has 0 saturated heterocycles. The van der Waals surface area contributed by atoms with Crippen LogP contribution in [0.4, 0.5) is 0 Å². The summed E-state index contributed by atoms with van der Waals surface area (Å²) in [6.45, 7) is 7.68. The molecule has 0 radical (unpaired) electrons. The second kappa shape index (κ2) is 4.76. The molecule has 0 spiro atoms. The predicted molar refractivity (Wildman–Crippen MR) is 68.5 cm³/mol. The van der Waals surface area contributed by atoms with Crippen LogP contribution in [-0.2, 0) is 9.05 Å². The monoisotopic (exact) mass is 260 g/mol. The third-order valence-electron chi connectivity index (χ3n) is 2.83. The second-order valence-electron chi connectivity index (χ2n) is 4.39. The Balaban J connectivity index is 3.28. The number of halogens is 1. The number of aryl methyl sites for hydroxylation is 1. The first-order valence-electron chi connectivity index (χ1n) is 5.27. The Kier molecular flexibility index (Phi) is 4.02. The lowest BCUT2D eigenvalue weighted by molar-refractivity contribution is 0.600. The molecule has 1 aromatic carbocycles. The van der Waals surface area contributed by atoms with Crippen molar-refractivity contribution < 1.29 is 8.42 Å². The van der Waals surface area contributed by atoms with Crippen molar-refractivity contribution in [3.63, 3.8) is 0 Å². The standard InChI is InChI=1S/C12H17ClO2S/c1-8(2)11-6-5-9(3)12(7-11)10(4)16(13,14)15/h5-8,10H,1-4H3. The molecule has 4 heteroatoms. The molecule has 0 N–H and O–H groups in total. The van der Waals surface area contributed by atoms with Crippen LogP contribution in [-0.4, -0.2) is 8.42 Å². The molecule has 90 valence electrons. The van der Waals surface area contributed by atoms with Crippen molar-refractivity contribution in [1.82, 2.24) is 0 Å². The highest BCUT2D eigenvalue weighted by atomic mass is 35.7. The fourth-order valence-corrected chi connectivity index (χ4v) is 2.45. The van der Waals surface area contributed by atoms with Gasteiger partial charge in [0.25, 0.3) is 0 Å². The molecular formula is C12H17ClO2S. The van der Waals surface area contributed by atoms with E-state index in [1.165, 1.54) is 0 Å². The van der Waals surface area contributed by atoms with Gasteiger partial charge in [0, 0.05) is 10.7 Å². The minimum Gasteiger partial charge on any atom is -0.212 e. The van der Waals surface area contributed by atoms with E-state index in [0.29, 0.717) is 5.92 Å². The van der Waals surface area contributed by atoms with Crippen LogP contribution in [0.1, 0.15) is 48.6 Å². The zero-order valence-electron chi connectivity index (χ0n) is 9.99. The Bertz CT molecular complexity index is 478. The van der Waals surface area contributed by atoms with Gasteiger partial charge in [-0.15, -0.1) is 0 Å². The molecule has 0 bridgehead atoms. The summed E-state index contributed by atoms with van der Waals surface area (Å²) in [6, 6.07) is 5.91. The normalized spacial score (nSPS) is 14.1. The van der Waals surface area contributed by atoms with Gasteiger partial charge in [-0.05, 0) is 36.5 Å². The average Bonchev–Trinajstić information content (AvgIpc) is 2.15. The van der Waals surface area contributed by atoms with E-state index in [-0.39, 0.29) is 0 Å². The van der Waals surface area contributed by atoms with Crippen LogP contribution in [0, 0.1) is 6.92 Å². The number of benzene rings is 1. The lowest BCUT2D eigenvalue weighted by Crippen LogP contribution is -2.06. The molecule has 1 aromatic rings. The Morgan fingerprint density at radius 2 is 1.75 bits per heavy atom. The smallest absolute Gasteiger partial charge is 0.212 e. The molecule has 0 aliphatic heterocycles. The maximum absolute atomic E-state index is 11.3. The Hall–Kier alpha value is -0.540. The van der Waals surface area contributed by atoms with Gasteiger partial charge >= 0.3 is 0 Å². The third kappa shape index (κ3) is 2.98. The van der Waals surface area contributed by atoms with Crippen molar-refractivity contribution in [2.75, 3.05) is 0 Å². The number of rotatable bonds is 3. The molecule has 2 nitrogen and oxygen atoms in total. The zero-order valence-corrected chi connectivity index (χ0v) is 11.6. The topological polar surface area (TPSA) is 34.1 Å². The molecule has 0 fully saturated rings. The van der Waals surface area contributed by atoms with Gasteiger partial charge in [-0.3, -0.25) is 0 Å². The van der Waals surface area contributed by atoms with Crippen molar-refractivity contribution >= 4 is 19.7 Å². The van der Waals surface area contributed by atoms with E-state index >= 15 is 0 Å². The van der Waals surface area contributed by atoms with Gasteiger partial charge in [-0.25, -0.2) is 8.42 Å². The number of hydrogen-bond acceptors (Lipinski definition) is 2. The van der Waals surface area contributed by atoms with E-state index < -0.39 is 14.3 Å². The molecule has 1 rings (SSSR count). The van der Waals surface area contributed by atoms with Crippen molar-refractivity contribution in [1.29, 1.82) is 0 Å². The highest BCUT2D eigenvalue weighted by Crippen LogP contribution is 2.30. The van der Waals surface area contributed by atoms with E-state index in [0.717, 1.165) is 16.7 Å². The van der Waals surface area contributed by atoms with Gasteiger partial charge in [0.2, 0.25) is 9.05 Å². The maximum Gasteiger partial charge on any atom is 0.239 e. The second-order valence-corrected chi connectivity index (χ2v) is 7.34. The fraction of sp³-hybridized carbons (Fsp3) is 0.500. The van der Waals surface area contributed by atoms with Crippen LogP contribution in [0.15, 0.2) is 18.2 Å². The van der Waals surface area contributed by atoms with Crippen LogP contribution in [0.3, 0.4) is 0 Å². The molecule has 1 unspecified atom stereocenters. The van der Waals surface area contributed by atoms with Gasteiger partial charge in [0.15, 0.2) is 0 Å². The molecule has 0 aliphatic rings. The highest BCUT2D eigenvalue weighted by Gasteiger charge is 2.21. The molecule has 0 aliphatic carbocycles. The largest absolute Gasteiger partial charge is 0.239 e. The van der Waals surface area contributed by atoms with E-state index in [4.69, 9.17) is 10.7 Å². The minimum atomic E-state index is -3.55. The SMILES string of the molecule is Cc1ccc(C(C)C)cc1C(C)S(=O)(=O)Cl. The first-order valence-corrected chi connectivity index (χ1v) is 7.64. The average molecular weight is 261 g/mol. The van der Waals surface area contributed by atoms with E-state index in [9.17, 15) is 8.42 Å². The summed E-state index contributed by atoms with van der Waals surface area (Å²) in [5.41, 5.74) is 2.88. The summed E-state index contributed by atoms with van der Waals surface area (Å²) in [5, 5.41) is -0.659. The summed E-state index contributed by atoms with van der Waals surface area (Å²) in [4.78, 5) is 0. The lowest BCUT2D eigenvalue weighted by Gasteiger charge is -2.15. The summed E-state index contributed by atoms with van der Waals surface area (Å²) < 4.78 is 22.7. The minimum absolute atomic E-state index is 0.379. The maximum atomic E-state index is 11.3. The van der Waals surface area contributed by atoms with Gasteiger partial charge in [-0.1, -0.05) is 32.0 Å². The van der Waals surface area contributed by atoms with Crippen molar-refractivity contribution in [2.24, 2.45) is 0 Å². The molecule has 0 saturated carbocycles. The van der Waals surface area contributed by atoms with Crippen LogP contribution in [0.2, 0.25) is 0 Å². The Morgan fingerprint density at radius 1 is 1.19 bits per heavy atom. The lowest BCUT2D eigenvalue weighted by atomic mass is 9.96. The van der Waals surface area contributed by atoms with Crippen molar-refractivity contribution in [2.45, 2.75) is 38.9 Å². The van der Waals surface area contributed by atoms with Crippen LogP contribution < -0.4 is 0 Å². The Morgan fingerprint density at radius 3 is 2.19 bits per heavy atom. The number of hydrogen-bond donors (Lipinski definition) is 0. The molecule has 0 heterocycles. The molecule has 16 heavy (non-hydrogen) atoms. The van der Waals surface area contributed by atoms with E-state index in [2.05, 4.69) is 13.8 Å². The van der Waals surface area contributed by atoms with Crippen LogP contribution in [0.5, 0.6) is 0 Å². The summed E-state index contributed by atoms with van der Waals surface area (Å²) in [7, 11) is 1.85. The first kappa shape index (κ1) is 13.5. The molecule has 0 amide bonds. The molecular weight excluding hydrogens is 244 g/mol. The van der Waals surface area contributed by atoms with Crippen molar-refractivity contribution in [3.05, 3.63) is 34.9 Å². The summed E-state index contributed by atoms with van der Waals surface area (Å²) in [6.07, 6.45) is 0. The van der Waals surface area contributed by atoms with Gasteiger partial charge < -0.3 is 0 Å².